The standard InChI is InChI=1S/C23H18F2N6O2/c1-2-29-18-11-26-22(30-12-27-15-5-3-4-6-16(15)30)28-21(18)31(23(29)32)17-9-10-33-20-14(25)8-7-13(24)19(17)20/h3-8,11-12,17H,2,9-10H2,1H3/t17-/m1/s1. The molecule has 0 unspecified atom stereocenters. The van der Waals surface area contributed by atoms with Gasteiger partial charge in [0.05, 0.1) is 35.4 Å². The van der Waals surface area contributed by atoms with Crippen LogP contribution in [0.1, 0.15) is 24.9 Å². The Kier molecular flexibility index (Phi) is 4.29. The van der Waals surface area contributed by atoms with Crippen molar-refractivity contribution in [2.45, 2.75) is 25.9 Å². The highest BCUT2D eigenvalue weighted by atomic mass is 19.1. The molecule has 0 saturated carbocycles. The van der Waals surface area contributed by atoms with E-state index in [1.807, 2.05) is 31.2 Å². The van der Waals surface area contributed by atoms with Crippen molar-refractivity contribution in [3.8, 4) is 11.7 Å². The average molecular weight is 448 g/mol. The Balaban J connectivity index is 1.63. The number of aryl methyl sites for hydroxylation is 1. The zero-order valence-corrected chi connectivity index (χ0v) is 17.6. The molecular formula is C23H18F2N6O2. The van der Waals surface area contributed by atoms with E-state index >= 15 is 0 Å². The van der Waals surface area contributed by atoms with E-state index in [9.17, 15) is 13.6 Å². The minimum Gasteiger partial charge on any atom is -0.490 e. The molecule has 0 aliphatic carbocycles. The summed E-state index contributed by atoms with van der Waals surface area (Å²) in [5.41, 5.74) is 2.10. The topological polar surface area (TPSA) is 79.8 Å². The molecule has 33 heavy (non-hydrogen) atoms. The molecule has 5 aromatic rings. The summed E-state index contributed by atoms with van der Waals surface area (Å²) in [6.45, 7) is 2.36. The lowest BCUT2D eigenvalue weighted by Gasteiger charge is -2.27. The van der Waals surface area contributed by atoms with Crippen LogP contribution in [0.15, 0.2) is 53.7 Å². The third-order valence-corrected chi connectivity index (χ3v) is 6.06. The van der Waals surface area contributed by atoms with Crippen LogP contribution < -0.4 is 10.4 Å². The molecule has 1 atom stereocenters. The van der Waals surface area contributed by atoms with Crippen molar-refractivity contribution in [3.05, 3.63) is 76.6 Å². The Morgan fingerprint density at radius 2 is 1.91 bits per heavy atom. The number of imidazole rings is 2. The summed E-state index contributed by atoms with van der Waals surface area (Å²) in [6.07, 6.45) is 3.49. The highest BCUT2D eigenvalue weighted by Crippen LogP contribution is 2.39. The Bertz CT molecular complexity index is 1600. The summed E-state index contributed by atoms with van der Waals surface area (Å²) in [5.74, 6) is -1.13. The molecule has 0 spiro atoms. The molecule has 4 heterocycles. The minimum absolute atomic E-state index is 0.0201. The van der Waals surface area contributed by atoms with Gasteiger partial charge in [-0.1, -0.05) is 12.1 Å². The molecule has 8 nitrogen and oxygen atoms in total. The average Bonchev–Trinajstić information content (AvgIpc) is 3.38. The maximum atomic E-state index is 14.9. The van der Waals surface area contributed by atoms with Gasteiger partial charge in [-0.25, -0.2) is 23.5 Å². The van der Waals surface area contributed by atoms with Gasteiger partial charge in [0, 0.05) is 13.0 Å². The van der Waals surface area contributed by atoms with E-state index in [2.05, 4.69) is 9.97 Å². The summed E-state index contributed by atoms with van der Waals surface area (Å²) in [4.78, 5) is 27.0. The third-order valence-electron chi connectivity index (χ3n) is 6.06. The van der Waals surface area contributed by atoms with Gasteiger partial charge < -0.3 is 4.74 Å². The fourth-order valence-electron chi connectivity index (χ4n) is 4.55. The summed E-state index contributed by atoms with van der Waals surface area (Å²) >= 11 is 0. The van der Waals surface area contributed by atoms with Gasteiger partial charge in [-0.05, 0) is 31.2 Å². The normalized spacial score (nSPS) is 15.7. The van der Waals surface area contributed by atoms with E-state index < -0.39 is 17.7 Å². The number of benzene rings is 2. The first-order valence-electron chi connectivity index (χ1n) is 10.6. The molecule has 6 rings (SSSR count). The number of para-hydroxylation sites is 2. The summed E-state index contributed by atoms with van der Waals surface area (Å²) < 4.78 is 39.4. The quantitative estimate of drug-likeness (QED) is 0.421. The first kappa shape index (κ1) is 19.6. The SMILES string of the molecule is CCn1c(=O)n([C@@H]2CCOc3c(F)ccc(F)c32)c2nc(-n3cnc4ccccc43)ncc21. The van der Waals surface area contributed by atoms with Crippen molar-refractivity contribution in [1.29, 1.82) is 0 Å². The monoisotopic (exact) mass is 448 g/mol. The lowest BCUT2D eigenvalue weighted by Crippen LogP contribution is -2.31. The van der Waals surface area contributed by atoms with Crippen molar-refractivity contribution in [3.63, 3.8) is 0 Å². The second-order valence-corrected chi connectivity index (χ2v) is 7.80. The molecule has 2 aromatic carbocycles. The molecule has 0 bridgehead atoms. The third kappa shape index (κ3) is 2.80. The number of nitrogens with zero attached hydrogens (tertiary/aromatic N) is 6. The zero-order valence-electron chi connectivity index (χ0n) is 17.6. The van der Waals surface area contributed by atoms with Crippen LogP contribution in [0, 0.1) is 11.6 Å². The molecule has 1 aliphatic rings. The second-order valence-electron chi connectivity index (χ2n) is 7.80. The lowest BCUT2D eigenvalue weighted by molar-refractivity contribution is 0.238. The van der Waals surface area contributed by atoms with E-state index in [0.29, 0.717) is 30.1 Å². The van der Waals surface area contributed by atoms with Crippen LogP contribution >= 0.6 is 0 Å². The maximum absolute atomic E-state index is 14.9. The number of rotatable bonds is 3. The van der Waals surface area contributed by atoms with Crippen molar-refractivity contribution in [2.24, 2.45) is 0 Å². The van der Waals surface area contributed by atoms with Crippen LogP contribution in [0.25, 0.3) is 28.1 Å². The minimum atomic E-state index is -0.769. The zero-order chi connectivity index (χ0) is 22.7. The highest BCUT2D eigenvalue weighted by molar-refractivity contribution is 5.77. The van der Waals surface area contributed by atoms with E-state index in [0.717, 1.165) is 23.2 Å². The summed E-state index contributed by atoms with van der Waals surface area (Å²) in [5, 5.41) is 0. The maximum Gasteiger partial charge on any atom is 0.330 e. The number of fused-ring (bicyclic) bond motifs is 3. The Hall–Kier alpha value is -4.08. The van der Waals surface area contributed by atoms with Crippen molar-refractivity contribution in [1.82, 2.24) is 28.7 Å². The van der Waals surface area contributed by atoms with Crippen molar-refractivity contribution < 1.29 is 13.5 Å². The lowest BCUT2D eigenvalue weighted by atomic mass is 9.99. The van der Waals surface area contributed by atoms with Gasteiger partial charge in [-0.3, -0.25) is 13.7 Å². The van der Waals surface area contributed by atoms with Crippen LogP contribution in [0.4, 0.5) is 8.78 Å². The fourth-order valence-corrected chi connectivity index (χ4v) is 4.55. The van der Waals surface area contributed by atoms with Gasteiger partial charge in [-0.15, -0.1) is 0 Å². The molecule has 1 aliphatic heterocycles. The molecule has 0 radical (unpaired) electrons. The molecule has 0 N–H and O–H groups in total. The van der Waals surface area contributed by atoms with Crippen LogP contribution in [0.2, 0.25) is 0 Å². The van der Waals surface area contributed by atoms with Gasteiger partial charge >= 0.3 is 5.69 Å². The molecule has 3 aromatic heterocycles. The summed E-state index contributed by atoms with van der Waals surface area (Å²) in [7, 11) is 0. The number of ether oxygens (including phenoxy) is 1. The number of aromatic nitrogens is 6. The van der Waals surface area contributed by atoms with Gasteiger partial charge in [-0.2, -0.15) is 4.98 Å². The fraction of sp³-hybridized carbons (Fsp3) is 0.217. The second kappa shape index (κ2) is 7.22. The van der Waals surface area contributed by atoms with Crippen LogP contribution in [-0.2, 0) is 6.54 Å². The van der Waals surface area contributed by atoms with Crippen molar-refractivity contribution in [2.75, 3.05) is 6.61 Å². The predicted molar refractivity (Wildman–Crippen MR) is 117 cm³/mol. The first-order chi connectivity index (χ1) is 16.1. The molecule has 0 amide bonds. The largest absolute Gasteiger partial charge is 0.490 e. The number of hydrogen-bond donors (Lipinski definition) is 0. The van der Waals surface area contributed by atoms with E-state index in [-0.39, 0.29) is 23.6 Å². The van der Waals surface area contributed by atoms with Crippen LogP contribution in [0.5, 0.6) is 5.75 Å². The molecule has 0 fully saturated rings. The number of hydrogen-bond acceptors (Lipinski definition) is 5. The molecule has 0 saturated heterocycles. The smallest absolute Gasteiger partial charge is 0.330 e. The first-order valence-corrected chi connectivity index (χ1v) is 10.6. The van der Waals surface area contributed by atoms with E-state index in [1.54, 1.807) is 17.1 Å². The Labute approximate surface area is 185 Å². The van der Waals surface area contributed by atoms with Gasteiger partial charge in [0.15, 0.2) is 17.2 Å². The Morgan fingerprint density at radius 3 is 2.76 bits per heavy atom. The molecule has 166 valence electrons. The predicted octanol–water partition coefficient (Wildman–Crippen LogP) is 3.60. The van der Waals surface area contributed by atoms with Crippen LogP contribution in [0.3, 0.4) is 0 Å². The number of halogens is 2. The molecule has 10 heteroatoms. The molecular weight excluding hydrogens is 430 g/mol. The van der Waals surface area contributed by atoms with Crippen LogP contribution in [-0.4, -0.2) is 35.3 Å². The van der Waals surface area contributed by atoms with Gasteiger partial charge in [0.25, 0.3) is 0 Å². The van der Waals surface area contributed by atoms with E-state index in [4.69, 9.17) is 9.72 Å². The van der Waals surface area contributed by atoms with Gasteiger partial charge in [0.2, 0.25) is 5.95 Å². The highest BCUT2D eigenvalue weighted by Gasteiger charge is 2.32. The Morgan fingerprint density at radius 1 is 1.09 bits per heavy atom. The van der Waals surface area contributed by atoms with Gasteiger partial charge in [0.1, 0.15) is 17.7 Å². The summed E-state index contributed by atoms with van der Waals surface area (Å²) in [6, 6.07) is 8.86. The van der Waals surface area contributed by atoms with E-state index in [1.165, 1.54) is 9.13 Å². The van der Waals surface area contributed by atoms with Crippen molar-refractivity contribution >= 4 is 22.2 Å².